The van der Waals surface area contributed by atoms with Crippen molar-refractivity contribution in [1.29, 1.82) is 0 Å². The number of benzene rings is 6. The minimum absolute atomic E-state index is 0.750. The summed E-state index contributed by atoms with van der Waals surface area (Å²) in [5, 5.41) is 8.38. The highest BCUT2D eigenvalue weighted by Crippen LogP contribution is 2.33. The molecule has 6 rings (SSSR count). The molecule has 0 aliphatic heterocycles. The van der Waals surface area contributed by atoms with Crippen molar-refractivity contribution in [3.8, 4) is 0 Å². The fourth-order valence-corrected chi connectivity index (χ4v) is 5.76. The first kappa shape index (κ1) is 45.9. The minimum Gasteiger partial charge on any atom is -0.398 e. The van der Waals surface area contributed by atoms with Crippen molar-refractivity contribution in [2.24, 2.45) is 0 Å². The molecule has 0 heterocycles. The van der Waals surface area contributed by atoms with Crippen LogP contribution in [-0.4, -0.2) is 72.2 Å². The Hall–Kier alpha value is -5.24. The quantitative estimate of drug-likeness (QED) is 0.144. The average Bonchev–Trinajstić information content (AvgIpc) is 3.19. The highest BCUT2D eigenvalue weighted by atomic mass is 79.9. The summed E-state index contributed by atoms with van der Waals surface area (Å²) in [5.41, 5.74) is 13.9. The summed E-state index contributed by atoms with van der Waals surface area (Å²) < 4.78 is 34.3. The van der Waals surface area contributed by atoms with E-state index in [1.165, 1.54) is 38.9 Å². The maximum absolute atomic E-state index is 8.29. The molecule has 13 heteroatoms. The molecule has 6 aromatic rings. The van der Waals surface area contributed by atoms with E-state index in [0.29, 0.717) is 0 Å². The number of anilines is 7. The standard InChI is InChI=1S/C21H25N3.C12H14N2.C9H12BrN.2O2S/c1-5-24(4)17-12-10-16(11-13-17)22-20-14-15-21(23(2)3)19-9-7-6-8-18(19)20;1-14(2)12-8-7-11(13)9-5-3-4-6-10(9)12;1-3-11(2)9-6-4-8(10)5-7-9;2*1-3-2/h6-15,22H,5H2,1-4H3;3-8H,13H2,1-2H3;4-7H,3H2,1-2H3;;. The summed E-state index contributed by atoms with van der Waals surface area (Å²) in [6.45, 7) is 6.34. The van der Waals surface area contributed by atoms with Crippen LogP contribution in [0.25, 0.3) is 21.5 Å². The normalized spacial score (nSPS) is 9.69. The first-order valence-electron chi connectivity index (χ1n) is 17.4. The smallest absolute Gasteiger partial charge is 0.335 e. The molecule has 3 N–H and O–H groups in total. The van der Waals surface area contributed by atoms with Crippen molar-refractivity contribution in [2.75, 3.05) is 86.0 Å². The van der Waals surface area contributed by atoms with E-state index in [4.69, 9.17) is 22.6 Å². The second kappa shape index (κ2) is 24.2. The van der Waals surface area contributed by atoms with E-state index >= 15 is 0 Å². The highest BCUT2D eigenvalue weighted by Gasteiger charge is 2.08. The van der Waals surface area contributed by atoms with Gasteiger partial charge in [0, 0.05) is 121 Å². The molecule has 0 aliphatic carbocycles. The van der Waals surface area contributed by atoms with Crippen molar-refractivity contribution >= 4 is 100 Å². The van der Waals surface area contributed by atoms with E-state index in [9.17, 15) is 0 Å². The second-order valence-electron chi connectivity index (χ2n) is 12.5. The Balaban J connectivity index is 0.000000286. The molecular weight excluding hydrogens is 797 g/mol. The van der Waals surface area contributed by atoms with Crippen molar-refractivity contribution < 1.29 is 16.8 Å². The lowest BCUT2D eigenvalue weighted by molar-refractivity contribution is 0.628. The number of rotatable bonds is 8. The van der Waals surface area contributed by atoms with E-state index in [1.54, 1.807) is 0 Å². The summed E-state index contributed by atoms with van der Waals surface area (Å²) in [5.74, 6) is 0. The van der Waals surface area contributed by atoms with E-state index in [-0.39, 0.29) is 0 Å². The van der Waals surface area contributed by atoms with Gasteiger partial charge in [-0.25, -0.2) is 0 Å². The molecule has 0 atom stereocenters. The lowest BCUT2D eigenvalue weighted by Crippen LogP contribution is -2.15. The Kier molecular flexibility index (Phi) is 20.2. The van der Waals surface area contributed by atoms with Crippen LogP contribution in [-0.2, 0) is 23.1 Å². The monoisotopic (exact) mass is 846 g/mol. The van der Waals surface area contributed by atoms with Gasteiger partial charge in [-0.3, -0.25) is 0 Å². The predicted molar refractivity (Wildman–Crippen MR) is 241 cm³/mol. The Morgan fingerprint density at radius 1 is 0.527 bits per heavy atom. The number of fused-ring (bicyclic) bond motifs is 2. The van der Waals surface area contributed by atoms with Crippen LogP contribution in [0.5, 0.6) is 0 Å². The summed E-state index contributed by atoms with van der Waals surface area (Å²) >= 11 is 1.90. The molecule has 55 heavy (non-hydrogen) atoms. The van der Waals surface area contributed by atoms with Gasteiger partial charge in [0.25, 0.3) is 0 Å². The largest absolute Gasteiger partial charge is 0.398 e. The summed E-state index contributed by atoms with van der Waals surface area (Å²) in [4.78, 5) is 8.68. The Bertz CT molecular complexity index is 2130. The fourth-order valence-electron chi connectivity index (χ4n) is 5.49. The van der Waals surface area contributed by atoms with Crippen molar-refractivity contribution in [2.45, 2.75) is 13.8 Å². The van der Waals surface area contributed by atoms with Crippen LogP contribution in [0.3, 0.4) is 0 Å². The molecule has 6 aromatic carbocycles. The number of nitrogens with zero attached hydrogens (tertiary/aromatic N) is 4. The summed E-state index contributed by atoms with van der Waals surface area (Å²) in [6, 6.07) is 42.0. The third kappa shape index (κ3) is 14.2. The Morgan fingerprint density at radius 2 is 0.909 bits per heavy atom. The molecule has 0 aliphatic rings. The van der Waals surface area contributed by atoms with Gasteiger partial charge in [-0.2, -0.15) is 16.8 Å². The second-order valence-corrected chi connectivity index (χ2v) is 13.7. The fraction of sp³-hybridized carbons (Fsp3) is 0.238. The van der Waals surface area contributed by atoms with Crippen LogP contribution >= 0.6 is 15.9 Å². The molecule has 0 radical (unpaired) electrons. The van der Waals surface area contributed by atoms with E-state index in [2.05, 4.69) is 186 Å². The molecule has 0 aromatic heterocycles. The zero-order chi connectivity index (χ0) is 40.9. The van der Waals surface area contributed by atoms with Crippen LogP contribution in [0.15, 0.2) is 126 Å². The molecule has 292 valence electrons. The number of nitrogens with two attached hydrogens (primary N) is 1. The van der Waals surface area contributed by atoms with Gasteiger partial charge >= 0.3 is 23.1 Å². The lowest BCUT2D eigenvalue weighted by Gasteiger charge is -2.19. The third-order valence-corrected chi connectivity index (χ3v) is 9.13. The van der Waals surface area contributed by atoms with Crippen molar-refractivity contribution in [1.82, 2.24) is 0 Å². The molecule has 0 saturated heterocycles. The first-order chi connectivity index (χ1) is 26.4. The van der Waals surface area contributed by atoms with Gasteiger partial charge < -0.3 is 30.7 Å². The molecule has 0 spiro atoms. The SMILES string of the molecule is CCN(C)c1ccc(Br)cc1.CCN(C)c1ccc(Nc2ccc(N(C)C)c3ccccc23)cc1.CN(C)c1ccc(N)c2ccccc12.O=S=O.O=S=O. The van der Waals surface area contributed by atoms with Crippen LogP contribution in [0, 0.1) is 0 Å². The maximum Gasteiger partial charge on any atom is 0.335 e. The Labute approximate surface area is 341 Å². The van der Waals surface area contributed by atoms with Gasteiger partial charge in [-0.15, -0.1) is 0 Å². The summed E-state index contributed by atoms with van der Waals surface area (Å²) in [7, 11) is 12.4. The predicted octanol–water partition coefficient (Wildman–Crippen LogP) is 9.16. The maximum atomic E-state index is 8.29. The molecule has 0 unspecified atom stereocenters. The number of nitrogens with one attached hydrogen (secondary N) is 1. The average molecular weight is 848 g/mol. The Morgan fingerprint density at radius 3 is 1.35 bits per heavy atom. The number of hydrogen-bond donors (Lipinski definition) is 2. The van der Waals surface area contributed by atoms with Gasteiger partial charge in [0.05, 0.1) is 0 Å². The molecule has 0 amide bonds. The molecule has 10 nitrogen and oxygen atoms in total. The van der Waals surface area contributed by atoms with Gasteiger partial charge in [0.15, 0.2) is 0 Å². The third-order valence-electron chi connectivity index (χ3n) is 8.60. The van der Waals surface area contributed by atoms with E-state index in [0.717, 1.165) is 40.0 Å². The zero-order valence-electron chi connectivity index (χ0n) is 32.7. The van der Waals surface area contributed by atoms with Crippen LogP contribution in [0.2, 0.25) is 0 Å². The number of halogens is 1. The zero-order valence-corrected chi connectivity index (χ0v) is 35.9. The number of nitrogen functional groups attached to an aromatic ring is 1. The van der Waals surface area contributed by atoms with Crippen LogP contribution in [0.1, 0.15) is 13.8 Å². The molecule has 0 bridgehead atoms. The van der Waals surface area contributed by atoms with E-state index in [1.807, 2.05) is 32.3 Å². The van der Waals surface area contributed by atoms with Gasteiger partial charge in [-0.1, -0.05) is 64.5 Å². The molecular formula is C42H51BrN6O4S2. The van der Waals surface area contributed by atoms with Crippen LogP contribution in [0.4, 0.5) is 39.8 Å². The minimum atomic E-state index is -0.750. The van der Waals surface area contributed by atoms with Crippen molar-refractivity contribution in [3.05, 3.63) is 126 Å². The van der Waals surface area contributed by atoms with E-state index < -0.39 is 23.1 Å². The molecule has 0 saturated carbocycles. The lowest BCUT2D eigenvalue weighted by atomic mass is 10.1. The van der Waals surface area contributed by atoms with Crippen LogP contribution < -0.4 is 30.7 Å². The first-order valence-corrected chi connectivity index (χ1v) is 19.5. The van der Waals surface area contributed by atoms with Gasteiger partial charge in [-0.05, 0) is 86.6 Å². The van der Waals surface area contributed by atoms with Gasteiger partial charge in [0.1, 0.15) is 0 Å². The summed E-state index contributed by atoms with van der Waals surface area (Å²) in [6.07, 6.45) is 0. The molecule has 0 fully saturated rings. The topological polar surface area (TPSA) is 119 Å². The van der Waals surface area contributed by atoms with Gasteiger partial charge in [0.2, 0.25) is 0 Å². The highest BCUT2D eigenvalue weighted by molar-refractivity contribution is 9.10. The van der Waals surface area contributed by atoms with Crippen molar-refractivity contribution in [3.63, 3.8) is 0 Å². The number of hydrogen-bond acceptors (Lipinski definition) is 10.